The number of amides is 1. The number of carbonyl (C=O) groups is 1. The van der Waals surface area contributed by atoms with E-state index in [4.69, 9.17) is 10.5 Å². The second kappa shape index (κ2) is 5.87. The Kier molecular flexibility index (Phi) is 4.04. The van der Waals surface area contributed by atoms with Crippen molar-refractivity contribution in [3.05, 3.63) is 12.1 Å². The van der Waals surface area contributed by atoms with E-state index >= 15 is 0 Å². The van der Waals surface area contributed by atoms with Crippen LogP contribution in [-0.2, 0) is 9.53 Å². The van der Waals surface area contributed by atoms with Crippen molar-refractivity contribution in [1.82, 2.24) is 4.98 Å². The molecule has 1 atom stereocenters. The zero-order chi connectivity index (χ0) is 16.6. The van der Waals surface area contributed by atoms with Crippen molar-refractivity contribution in [2.24, 2.45) is 5.73 Å². The van der Waals surface area contributed by atoms with E-state index < -0.39 is 6.29 Å². The lowest BCUT2D eigenvalue weighted by Crippen LogP contribution is -2.28. The number of nitrogens with one attached hydrogen (secondary N) is 1. The normalized spacial score (nSPS) is 16.5. The molecule has 2 aromatic rings. The molecule has 0 bridgehead atoms. The Bertz CT molecular complexity index is 703. The summed E-state index contributed by atoms with van der Waals surface area (Å²) in [7, 11) is 1.47. The lowest BCUT2D eigenvalue weighted by Gasteiger charge is -2.11. The van der Waals surface area contributed by atoms with Crippen LogP contribution in [0.1, 0.15) is 6.42 Å². The largest absolute Gasteiger partial charge is 0.586 e. The van der Waals surface area contributed by atoms with Crippen LogP contribution in [0.2, 0.25) is 0 Å². The Morgan fingerprint density at radius 3 is 2.83 bits per heavy atom. The maximum absolute atomic E-state index is 13.0. The predicted octanol–water partition coefficient (Wildman–Crippen LogP) is 1.92. The van der Waals surface area contributed by atoms with Gasteiger partial charge in [0, 0.05) is 25.8 Å². The number of halogens is 2. The molecule has 1 aromatic carbocycles. The molecule has 124 valence electrons. The summed E-state index contributed by atoms with van der Waals surface area (Å²) < 4.78 is 40.4. The molecule has 1 amide bonds. The minimum atomic E-state index is -3.67. The molecule has 23 heavy (non-hydrogen) atoms. The van der Waals surface area contributed by atoms with Crippen LogP contribution in [0.5, 0.6) is 11.5 Å². The molecule has 1 aromatic heterocycles. The van der Waals surface area contributed by atoms with Crippen molar-refractivity contribution < 1.29 is 27.8 Å². The molecule has 0 spiro atoms. The first-order valence-corrected chi connectivity index (χ1v) is 7.45. The highest BCUT2D eigenvalue weighted by atomic mass is 32.1. The zero-order valence-corrected chi connectivity index (χ0v) is 12.8. The van der Waals surface area contributed by atoms with E-state index in [1.807, 2.05) is 0 Å². The number of thiazole rings is 1. The number of nitrogens with two attached hydrogens (primary N) is 1. The number of rotatable bonds is 5. The summed E-state index contributed by atoms with van der Waals surface area (Å²) >= 11 is 1.14. The van der Waals surface area contributed by atoms with Gasteiger partial charge in [0.15, 0.2) is 16.6 Å². The van der Waals surface area contributed by atoms with Gasteiger partial charge in [-0.1, -0.05) is 11.3 Å². The molecule has 2 heterocycles. The molecule has 7 nitrogen and oxygen atoms in total. The maximum Gasteiger partial charge on any atom is 0.586 e. The van der Waals surface area contributed by atoms with E-state index in [2.05, 4.69) is 19.8 Å². The topological polar surface area (TPSA) is 95.7 Å². The first-order chi connectivity index (χ1) is 10.9. The minimum absolute atomic E-state index is 0.0633. The fourth-order valence-corrected chi connectivity index (χ4v) is 2.96. The molecule has 0 saturated heterocycles. The van der Waals surface area contributed by atoms with Gasteiger partial charge in [-0.15, -0.1) is 8.78 Å². The molecule has 0 radical (unpaired) electrons. The average molecular weight is 345 g/mol. The van der Waals surface area contributed by atoms with E-state index in [0.29, 0.717) is 15.3 Å². The highest BCUT2D eigenvalue weighted by Gasteiger charge is 2.43. The minimum Gasteiger partial charge on any atom is -0.395 e. The van der Waals surface area contributed by atoms with Crippen LogP contribution in [0.4, 0.5) is 13.9 Å². The van der Waals surface area contributed by atoms with E-state index in [9.17, 15) is 13.6 Å². The Labute approximate surface area is 133 Å². The maximum atomic E-state index is 13.0. The fourth-order valence-electron chi connectivity index (χ4n) is 2.07. The molecule has 0 aliphatic carbocycles. The second-order valence-corrected chi connectivity index (χ2v) is 5.83. The number of aromatic nitrogens is 1. The quantitative estimate of drug-likeness (QED) is 0.860. The average Bonchev–Trinajstić information content (AvgIpc) is 2.98. The van der Waals surface area contributed by atoms with Crippen molar-refractivity contribution in [3.8, 4) is 11.5 Å². The standard InChI is InChI=1S/C13H13F2N3O4S/c1-20-6(5-16)2-11(19)18-12-17-7-3-8-9(4-10(7)23-12)22-13(14,15)21-8/h3-4,6H,2,5,16H2,1H3,(H,17,18,19). The van der Waals surface area contributed by atoms with Crippen molar-refractivity contribution >= 4 is 32.6 Å². The molecule has 1 unspecified atom stereocenters. The van der Waals surface area contributed by atoms with Gasteiger partial charge in [-0.2, -0.15) is 0 Å². The number of benzene rings is 1. The van der Waals surface area contributed by atoms with Gasteiger partial charge in [0.1, 0.15) is 0 Å². The third-order valence-electron chi connectivity index (χ3n) is 3.17. The second-order valence-electron chi connectivity index (χ2n) is 4.80. The molecule has 3 N–H and O–H groups in total. The molecule has 10 heteroatoms. The summed E-state index contributed by atoms with van der Waals surface area (Å²) in [5, 5.41) is 2.96. The van der Waals surface area contributed by atoms with Gasteiger partial charge in [-0.05, 0) is 0 Å². The summed E-state index contributed by atoms with van der Waals surface area (Å²) in [5.41, 5.74) is 5.88. The van der Waals surface area contributed by atoms with E-state index in [0.717, 1.165) is 11.3 Å². The number of alkyl halides is 2. The summed E-state index contributed by atoms with van der Waals surface area (Å²) in [5.74, 6) is -0.451. The zero-order valence-electron chi connectivity index (χ0n) is 12.0. The highest BCUT2D eigenvalue weighted by molar-refractivity contribution is 7.22. The van der Waals surface area contributed by atoms with Crippen molar-refractivity contribution in [2.45, 2.75) is 18.8 Å². The number of hydrogen-bond donors (Lipinski definition) is 2. The van der Waals surface area contributed by atoms with Crippen molar-refractivity contribution in [2.75, 3.05) is 19.0 Å². The number of hydrogen-bond acceptors (Lipinski definition) is 7. The van der Waals surface area contributed by atoms with E-state index in [1.54, 1.807) is 0 Å². The number of carbonyl (C=O) groups excluding carboxylic acids is 1. The fraction of sp³-hybridized carbons (Fsp3) is 0.385. The summed E-state index contributed by atoms with van der Waals surface area (Å²) in [6.07, 6.45) is -3.95. The van der Waals surface area contributed by atoms with E-state index in [1.165, 1.54) is 19.2 Å². The van der Waals surface area contributed by atoms with Crippen LogP contribution >= 0.6 is 11.3 Å². The number of fused-ring (bicyclic) bond motifs is 2. The predicted molar refractivity (Wildman–Crippen MR) is 78.9 cm³/mol. The third-order valence-corrected chi connectivity index (χ3v) is 4.10. The molecular formula is C13H13F2N3O4S. The Morgan fingerprint density at radius 1 is 1.48 bits per heavy atom. The third kappa shape index (κ3) is 3.33. The lowest BCUT2D eigenvalue weighted by molar-refractivity contribution is -0.286. The first kappa shape index (κ1) is 15.8. The van der Waals surface area contributed by atoms with Crippen molar-refractivity contribution in [3.63, 3.8) is 0 Å². The van der Waals surface area contributed by atoms with Gasteiger partial charge < -0.3 is 25.3 Å². The van der Waals surface area contributed by atoms with Gasteiger partial charge in [-0.3, -0.25) is 4.79 Å². The molecule has 3 rings (SSSR count). The van der Waals surface area contributed by atoms with E-state index in [-0.39, 0.29) is 36.5 Å². The van der Waals surface area contributed by atoms with Crippen LogP contribution in [0.3, 0.4) is 0 Å². The van der Waals surface area contributed by atoms with Gasteiger partial charge in [-0.25, -0.2) is 4.98 Å². The SMILES string of the molecule is COC(CN)CC(=O)Nc1nc2cc3c(cc2s1)OC(F)(F)O3. The van der Waals surface area contributed by atoms with Gasteiger partial charge in [0.25, 0.3) is 0 Å². The Balaban J connectivity index is 1.76. The van der Waals surface area contributed by atoms with Gasteiger partial charge in [0.05, 0.1) is 22.7 Å². The molecule has 1 aliphatic heterocycles. The number of nitrogens with zero attached hydrogens (tertiary/aromatic N) is 1. The highest BCUT2D eigenvalue weighted by Crippen LogP contribution is 2.44. The van der Waals surface area contributed by atoms with Gasteiger partial charge >= 0.3 is 6.29 Å². The monoisotopic (exact) mass is 345 g/mol. The molecule has 0 saturated carbocycles. The number of anilines is 1. The summed E-state index contributed by atoms with van der Waals surface area (Å²) in [4.78, 5) is 16.0. The first-order valence-electron chi connectivity index (χ1n) is 6.63. The van der Waals surface area contributed by atoms with Crippen LogP contribution in [0.25, 0.3) is 10.2 Å². The lowest BCUT2D eigenvalue weighted by atomic mass is 10.2. The summed E-state index contributed by atoms with van der Waals surface area (Å²) in [6.45, 7) is 0.222. The number of methoxy groups -OCH3 is 1. The molecule has 0 fully saturated rings. The van der Waals surface area contributed by atoms with Crippen LogP contribution < -0.4 is 20.5 Å². The van der Waals surface area contributed by atoms with Crippen LogP contribution in [0.15, 0.2) is 12.1 Å². The number of ether oxygens (including phenoxy) is 3. The van der Waals surface area contributed by atoms with Crippen molar-refractivity contribution in [1.29, 1.82) is 0 Å². The van der Waals surface area contributed by atoms with Gasteiger partial charge in [0.2, 0.25) is 5.91 Å². The van der Waals surface area contributed by atoms with Crippen LogP contribution in [-0.4, -0.2) is 36.9 Å². The van der Waals surface area contributed by atoms with Crippen LogP contribution in [0, 0.1) is 0 Å². The smallest absolute Gasteiger partial charge is 0.395 e. The molecule has 1 aliphatic rings. The Hall–Kier alpha value is -2.04. The summed E-state index contributed by atoms with van der Waals surface area (Å²) in [6, 6.07) is 2.74. The Morgan fingerprint density at radius 2 is 2.17 bits per heavy atom. The molecular weight excluding hydrogens is 332 g/mol.